The number of carbonyl (C=O) groups is 2. The van der Waals surface area contributed by atoms with Crippen LogP contribution in [0.3, 0.4) is 0 Å². The standard InChI is InChI=1S/C19H16N2O3S/c1-12(22)13-3-5-15(6-4-13)18(23)21-19-20-17(11-25-19)14-7-9-16(24-2)10-8-14/h3-11H,1-2H3,(H,20,21,23). The highest BCUT2D eigenvalue weighted by atomic mass is 32.1. The molecule has 0 aliphatic carbocycles. The molecular weight excluding hydrogens is 336 g/mol. The van der Waals surface area contributed by atoms with Gasteiger partial charge in [0.15, 0.2) is 10.9 Å². The monoisotopic (exact) mass is 352 g/mol. The van der Waals surface area contributed by atoms with Crippen LogP contribution in [0, 0.1) is 0 Å². The molecular formula is C19H16N2O3S. The highest BCUT2D eigenvalue weighted by molar-refractivity contribution is 7.14. The number of benzene rings is 2. The second kappa shape index (κ2) is 7.27. The Morgan fingerprint density at radius 2 is 1.64 bits per heavy atom. The molecule has 3 aromatic rings. The Morgan fingerprint density at radius 3 is 2.24 bits per heavy atom. The third-order valence-corrected chi connectivity index (χ3v) is 4.42. The summed E-state index contributed by atoms with van der Waals surface area (Å²) >= 11 is 1.36. The summed E-state index contributed by atoms with van der Waals surface area (Å²) in [6.07, 6.45) is 0. The molecule has 1 heterocycles. The van der Waals surface area contributed by atoms with E-state index in [-0.39, 0.29) is 11.7 Å². The van der Waals surface area contributed by atoms with Crippen molar-refractivity contribution in [2.45, 2.75) is 6.92 Å². The lowest BCUT2D eigenvalue weighted by Gasteiger charge is -2.03. The largest absolute Gasteiger partial charge is 0.497 e. The molecule has 2 aromatic carbocycles. The third kappa shape index (κ3) is 3.92. The van der Waals surface area contributed by atoms with Gasteiger partial charge in [0.25, 0.3) is 5.91 Å². The fraction of sp³-hybridized carbons (Fsp3) is 0.105. The van der Waals surface area contributed by atoms with E-state index in [9.17, 15) is 9.59 Å². The van der Waals surface area contributed by atoms with E-state index in [0.717, 1.165) is 17.0 Å². The van der Waals surface area contributed by atoms with E-state index in [4.69, 9.17) is 4.74 Å². The van der Waals surface area contributed by atoms with E-state index in [1.54, 1.807) is 31.4 Å². The Hall–Kier alpha value is -2.99. The highest BCUT2D eigenvalue weighted by Crippen LogP contribution is 2.26. The van der Waals surface area contributed by atoms with Crippen molar-refractivity contribution in [3.05, 3.63) is 65.0 Å². The van der Waals surface area contributed by atoms with Crippen LogP contribution in [0.15, 0.2) is 53.9 Å². The average Bonchev–Trinajstić information content (AvgIpc) is 3.10. The first-order valence-corrected chi connectivity index (χ1v) is 8.47. The van der Waals surface area contributed by atoms with Crippen molar-refractivity contribution >= 4 is 28.2 Å². The normalized spacial score (nSPS) is 10.3. The quantitative estimate of drug-likeness (QED) is 0.696. The van der Waals surface area contributed by atoms with Crippen LogP contribution in [-0.4, -0.2) is 23.8 Å². The molecule has 1 N–H and O–H groups in total. The number of aromatic nitrogens is 1. The predicted octanol–water partition coefficient (Wildman–Crippen LogP) is 4.27. The van der Waals surface area contributed by atoms with Crippen LogP contribution < -0.4 is 10.1 Å². The van der Waals surface area contributed by atoms with Crippen LogP contribution in [0.25, 0.3) is 11.3 Å². The first-order valence-electron chi connectivity index (χ1n) is 7.59. The molecule has 0 atom stereocenters. The number of carbonyl (C=O) groups excluding carboxylic acids is 2. The molecule has 6 heteroatoms. The molecule has 5 nitrogen and oxygen atoms in total. The van der Waals surface area contributed by atoms with Gasteiger partial charge in [0.2, 0.25) is 0 Å². The van der Waals surface area contributed by atoms with Gasteiger partial charge in [-0.3, -0.25) is 14.9 Å². The smallest absolute Gasteiger partial charge is 0.257 e. The van der Waals surface area contributed by atoms with E-state index in [1.807, 2.05) is 29.6 Å². The number of nitrogens with one attached hydrogen (secondary N) is 1. The first-order chi connectivity index (χ1) is 12.1. The van der Waals surface area contributed by atoms with Gasteiger partial charge >= 0.3 is 0 Å². The molecule has 25 heavy (non-hydrogen) atoms. The minimum absolute atomic E-state index is 0.0315. The van der Waals surface area contributed by atoms with Gasteiger partial charge in [-0.05, 0) is 43.3 Å². The summed E-state index contributed by atoms with van der Waals surface area (Å²) in [7, 11) is 1.62. The molecule has 126 valence electrons. The minimum atomic E-state index is -0.259. The summed E-state index contributed by atoms with van der Waals surface area (Å²) in [5.74, 6) is 0.489. The topological polar surface area (TPSA) is 68.3 Å². The van der Waals surface area contributed by atoms with Crippen LogP contribution in [0.2, 0.25) is 0 Å². The van der Waals surface area contributed by atoms with Crippen molar-refractivity contribution in [2.24, 2.45) is 0 Å². The number of hydrogen-bond acceptors (Lipinski definition) is 5. The molecule has 1 aromatic heterocycles. The Bertz CT molecular complexity index is 899. The highest BCUT2D eigenvalue weighted by Gasteiger charge is 2.11. The number of hydrogen-bond donors (Lipinski definition) is 1. The van der Waals surface area contributed by atoms with Gasteiger partial charge in [-0.1, -0.05) is 12.1 Å². The first kappa shape index (κ1) is 16.9. The van der Waals surface area contributed by atoms with Crippen LogP contribution in [-0.2, 0) is 0 Å². The minimum Gasteiger partial charge on any atom is -0.497 e. The summed E-state index contributed by atoms with van der Waals surface area (Å²) < 4.78 is 5.14. The zero-order chi connectivity index (χ0) is 17.8. The fourth-order valence-electron chi connectivity index (χ4n) is 2.25. The number of Topliss-reactive ketones (excluding diaryl/α,β-unsaturated/α-hetero) is 1. The molecule has 0 bridgehead atoms. The Morgan fingerprint density at radius 1 is 1.00 bits per heavy atom. The lowest BCUT2D eigenvalue weighted by Crippen LogP contribution is -2.11. The van der Waals surface area contributed by atoms with Gasteiger partial charge in [0, 0.05) is 22.1 Å². The number of rotatable bonds is 5. The van der Waals surface area contributed by atoms with E-state index >= 15 is 0 Å². The zero-order valence-electron chi connectivity index (χ0n) is 13.8. The summed E-state index contributed by atoms with van der Waals surface area (Å²) in [6.45, 7) is 1.49. The van der Waals surface area contributed by atoms with E-state index in [0.29, 0.717) is 16.3 Å². The second-order valence-electron chi connectivity index (χ2n) is 5.35. The van der Waals surface area contributed by atoms with Gasteiger partial charge in [-0.25, -0.2) is 4.98 Å². The average molecular weight is 352 g/mol. The number of nitrogens with zero attached hydrogens (tertiary/aromatic N) is 1. The van der Waals surface area contributed by atoms with Crippen molar-refractivity contribution in [1.82, 2.24) is 4.98 Å². The second-order valence-corrected chi connectivity index (χ2v) is 6.21. The van der Waals surface area contributed by atoms with Gasteiger partial charge in [-0.15, -0.1) is 11.3 Å². The fourth-order valence-corrected chi connectivity index (χ4v) is 2.97. The SMILES string of the molecule is COc1ccc(-c2csc(NC(=O)c3ccc(C(C)=O)cc3)n2)cc1. The van der Waals surface area contributed by atoms with Gasteiger partial charge < -0.3 is 4.74 Å². The van der Waals surface area contributed by atoms with Crippen LogP contribution in [0.1, 0.15) is 27.6 Å². The summed E-state index contributed by atoms with van der Waals surface area (Å²) in [5, 5.41) is 5.18. The Balaban J connectivity index is 1.71. The number of methoxy groups -OCH3 is 1. The van der Waals surface area contributed by atoms with Crippen molar-refractivity contribution in [3.63, 3.8) is 0 Å². The van der Waals surface area contributed by atoms with Crippen LogP contribution >= 0.6 is 11.3 Å². The van der Waals surface area contributed by atoms with Crippen molar-refractivity contribution in [1.29, 1.82) is 0 Å². The molecule has 0 fully saturated rings. The van der Waals surface area contributed by atoms with Gasteiger partial charge in [0.05, 0.1) is 12.8 Å². The lowest BCUT2D eigenvalue weighted by atomic mass is 10.1. The predicted molar refractivity (Wildman–Crippen MR) is 98.5 cm³/mol. The van der Waals surface area contributed by atoms with Crippen molar-refractivity contribution in [2.75, 3.05) is 12.4 Å². The maximum Gasteiger partial charge on any atom is 0.257 e. The van der Waals surface area contributed by atoms with Gasteiger partial charge in [-0.2, -0.15) is 0 Å². The van der Waals surface area contributed by atoms with Gasteiger partial charge in [0.1, 0.15) is 5.75 Å². The number of thiazole rings is 1. The molecule has 0 saturated heterocycles. The lowest BCUT2D eigenvalue weighted by molar-refractivity contribution is 0.100. The molecule has 0 saturated carbocycles. The summed E-state index contributed by atoms with van der Waals surface area (Å²) in [5.41, 5.74) is 2.79. The zero-order valence-corrected chi connectivity index (χ0v) is 14.6. The maximum absolute atomic E-state index is 12.3. The Kier molecular flexibility index (Phi) is 4.90. The molecule has 0 aliphatic rings. The molecule has 1 amide bonds. The summed E-state index contributed by atoms with van der Waals surface area (Å²) in [4.78, 5) is 28.0. The van der Waals surface area contributed by atoms with Crippen molar-refractivity contribution < 1.29 is 14.3 Å². The number of amides is 1. The van der Waals surface area contributed by atoms with E-state index < -0.39 is 0 Å². The third-order valence-electron chi connectivity index (χ3n) is 3.66. The van der Waals surface area contributed by atoms with Crippen LogP contribution in [0.4, 0.5) is 5.13 Å². The number of ether oxygens (including phenoxy) is 1. The van der Waals surface area contributed by atoms with Crippen molar-refractivity contribution in [3.8, 4) is 17.0 Å². The van der Waals surface area contributed by atoms with Crippen LogP contribution in [0.5, 0.6) is 5.75 Å². The molecule has 0 aliphatic heterocycles. The maximum atomic E-state index is 12.3. The molecule has 0 spiro atoms. The number of ketones is 1. The molecule has 0 radical (unpaired) electrons. The molecule has 0 unspecified atom stereocenters. The van der Waals surface area contributed by atoms with E-state index in [2.05, 4.69) is 10.3 Å². The Labute approximate surface area is 149 Å². The van der Waals surface area contributed by atoms with E-state index in [1.165, 1.54) is 18.3 Å². The molecule has 3 rings (SSSR count). The number of anilines is 1. The summed E-state index contributed by atoms with van der Waals surface area (Å²) in [6, 6.07) is 14.1.